The van der Waals surface area contributed by atoms with Gasteiger partial charge in [0, 0.05) is 22.3 Å². The lowest BCUT2D eigenvalue weighted by Crippen LogP contribution is -2.11. The molecule has 3 aromatic rings. The first kappa shape index (κ1) is 16.3. The Bertz CT molecular complexity index is 760. The summed E-state index contributed by atoms with van der Waals surface area (Å²) in [6, 6.07) is 26.4. The minimum absolute atomic E-state index is 0.651. The highest BCUT2D eigenvalue weighted by atomic mass is 32.2. The molecule has 3 rings (SSSR count). The molecule has 3 nitrogen and oxygen atoms in total. The van der Waals surface area contributed by atoms with Crippen LogP contribution in [-0.4, -0.2) is 6.67 Å². The van der Waals surface area contributed by atoms with Crippen LogP contribution in [0.1, 0.15) is 5.56 Å². The molecule has 0 fully saturated rings. The minimum Gasteiger partial charge on any atom is -0.421 e. The molecule has 24 heavy (non-hydrogen) atoms. The van der Waals surface area contributed by atoms with Crippen LogP contribution >= 0.6 is 12.0 Å². The van der Waals surface area contributed by atoms with Gasteiger partial charge in [0.05, 0.1) is 18.7 Å². The number of benzene rings is 3. The monoisotopic (exact) mass is 336 g/mol. The third-order valence-corrected chi connectivity index (χ3v) is 4.19. The molecule has 0 amide bonds. The summed E-state index contributed by atoms with van der Waals surface area (Å²) in [5.74, 6) is 0.824. The highest BCUT2D eigenvalue weighted by Gasteiger charge is 2.00. The molecule has 0 saturated carbocycles. The van der Waals surface area contributed by atoms with Crippen molar-refractivity contribution in [3.63, 3.8) is 0 Å². The summed E-state index contributed by atoms with van der Waals surface area (Å²) < 4.78 is 5.79. The van der Waals surface area contributed by atoms with E-state index in [1.165, 1.54) is 17.6 Å². The highest BCUT2D eigenvalue weighted by molar-refractivity contribution is 7.95. The van der Waals surface area contributed by atoms with E-state index in [2.05, 4.69) is 41.8 Å². The number of aryl methyl sites for hydroxylation is 1. The topological polar surface area (TPSA) is 33.3 Å². The molecule has 0 atom stereocenters. The van der Waals surface area contributed by atoms with Gasteiger partial charge in [-0.15, -0.1) is 0 Å². The Morgan fingerprint density at radius 2 is 1.50 bits per heavy atom. The first-order chi connectivity index (χ1) is 11.8. The number of rotatable bonds is 7. The zero-order valence-electron chi connectivity index (χ0n) is 13.5. The molecule has 0 saturated heterocycles. The molecule has 0 bridgehead atoms. The molecule has 122 valence electrons. The quantitative estimate of drug-likeness (QED) is 0.437. The Morgan fingerprint density at radius 3 is 2.29 bits per heavy atom. The van der Waals surface area contributed by atoms with Gasteiger partial charge < -0.3 is 14.8 Å². The Hall–Kier alpha value is -2.59. The molecule has 3 aromatic carbocycles. The van der Waals surface area contributed by atoms with E-state index < -0.39 is 0 Å². The number of nitrogens with one attached hydrogen (secondary N) is 2. The molecule has 0 heterocycles. The highest BCUT2D eigenvalue weighted by Crippen LogP contribution is 2.25. The predicted molar refractivity (Wildman–Crippen MR) is 103 cm³/mol. The summed E-state index contributed by atoms with van der Waals surface area (Å²) >= 11 is 1.37. The fourth-order valence-electron chi connectivity index (χ4n) is 2.15. The number of anilines is 2. The van der Waals surface area contributed by atoms with Crippen molar-refractivity contribution in [2.45, 2.75) is 11.8 Å². The van der Waals surface area contributed by atoms with Crippen molar-refractivity contribution in [3.8, 4) is 5.75 Å². The maximum Gasteiger partial charge on any atom is 0.139 e. The van der Waals surface area contributed by atoms with E-state index in [-0.39, 0.29) is 0 Å². The molecular weight excluding hydrogens is 316 g/mol. The second-order valence-electron chi connectivity index (χ2n) is 5.40. The van der Waals surface area contributed by atoms with Gasteiger partial charge in [-0.3, -0.25) is 0 Å². The van der Waals surface area contributed by atoms with Gasteiger partial charge in [0.25, 0.3) is 0 Å². The van der Waals surface area contributed by atoms with Crippen molar-refractivity contribution in [2.24, 2.45) is 0 Å². The van der Waals surface area contributed by atoms with Crippen molar-refractivity contribution in [2.75, 3.05) is 17.3 Å². The normalized spacial score (nSPS) is 10.2. The summed E-state index contributed by atoms with van der Waals surface area (Å²) in [6.07, 6.45) is 0. The second kappa shape index (κ2) is 8.31. The zero-order valence-corrected chi connectivity index (χ0v) is 14.3. The Balaban J connectivity index is 1.51. The summed E-state index contributed by atoms with van der Waals surface area (Å²) in [4.78, 5) is 1.09. The van der Waals surface area contributed by atoms with Gasteiger partial charge in [0.15, 0.2) is 0 Å². The van der Waals surface area contributed by atoms with Crippen LogP contribution in [0.3, 0.4) is 0 Å². The van der Waals surface area contributed by atoms with E-state index in [0.29, 0.717) is 6.67 Å². The van der Waals surface area contributed by atoms with Gasteiger partial charge in [-0.25, -0.2) is 0 Å². The lowest BCUT2D eigenvalue weighted by molar-refractivity contribution is 0.646. The molecule has 0 radical (unpaired) electrons. The number of hydrogen-bond acceptors (Lipinski definition) is 4. The standard InChI is InChI=1S/C20H20N2OS/c1-16-10-12-20(13-11-16)24-23-19-9-5-8-18(14-19)22-15-21-17-6-3-2-4-7-17/h2-14,21-22H,15H2,1H3. The maximum absolute atomic E-state index is 5.79. The van der Waals surface area contributed by atoms with Crippen LogP contribution < -0.4 is 14.8 Å². The van der Waals surface area contributed by atoms with Crippen LogP contribution in [0.5, 0.6) is 5.75 Å². The van der Waals surface area contributed by atoms with Gasteiger partial charge in [0.1, 0.15) is 5.75 Å². The molecule has 0 aliphatic heterocycles. The van der Waals surface area contributed by atoms with Crippen LogP contribution in [0.15, 0.2) is 83.8 Å². The largest absolute Gasteiger partial charge is 0.421 e. The predicted octanol–water partition coefficient (Wildman–Crippen LogP) is 5.56. The molecule has 0 aliphatic rings. The first-order valence-corrected chi connectivity index (χ1v) is 8.58. The van der Waals surface area contributed by atoms with Gasteiger partial charge in [-0.2, -0.15) is 0 Å². The number of para-hydroxylation sites is 1. The lowest BCUT2D eigenvalue weighted by atomic mass is 10.2. The van der Waals surface area contributed by atoms with Crippen molar-refractivity contribution in [1.29, 1.82) is 0 Å². The lowest BCUT2D eigenvalue weighted by Gasteiger charge is -2.11. The van der Waals surface area contributed by atoms with Crippen LogP contribution in [0.4, 0.5) is 11.4 Å². The molecule has 2 N–H and O–H groups in total. The fourth-order valence-corrected chi connectivity index (χ4v) is 2.70. The van der Waals surface area contributed by atoms with Crippen molar-refractivity contribution in [1.82, 2.24) is 0 Å². The summed E-state index contributed by atoms with van der Waals surface area (Å²) in [6.45, 7) is 2.73. The average molecular weight is 336 g/mol. The van der Waals surface area contributed by atoms with E-state index in [4.69, 9.17) is 4.18 Å². The van der Waals surface area contributed by atoms with Gasteiger partial charge >= 0.3 is 0 Å². The SMILES string of the molecule is Cc1ccc(SOc2cccc(NCNc3ccccc3)c2)cc1. The van der Waals surface area contributed by atoms with Crippen molar-refractivity contribution < 1.29 is 4.18 Å². The Morgan fingerprint density at radius 1 is 0.792 bits per heavy atom. The summed E-state index contributed by atoms with van der Waals surface area (Å²) in [7, 11) is 0. The van der Waals surface area contributed by atoms with Crippen LogP contribution in [0, 0.1) is 6.92 Å². The average Bonchev–Trinajstić information content (AvgIpc) is 2.63. The molecule has 4 heteroatoms. The third-order valence-electron chi connectivity index (χ3n) is 3.45. The molecule has 0 spiro atoms. The Kier molecular flexibility index (Phi) is 5.64. The minimum atomic E-state index is 0.651. The second-order valence-corrected chi connectivity index (χ2v) is 6.21. The smallest absolute Gasteiger partial charge is 0.139 e. The summed E-state index contributed by atoms with van der Waals surface area (Å²) in [5.41, 5.74) is 3.35. The van der Waals surface area contributed by atoms with Crippen LogP contribution in [0.2, 0.25) is 0 Å². The van der Waals surface area contributed by atoms with E-state index in [1.54, 1.807) is 0 Å². The first-order valence-electron chi connectivity index (χ1n) is 7.84. The molecule has 0 unspecified atom stereocenters. The zero-order chi connectivity index (χ0) is 16.6. The molecule has 0 aromatic heterocycles. The van der Waals surface area contributed by atoms with E-state index >= 15 is 0 Å². The number of hydrogen-bond donors (Lipinski definition) is 2. The van der Waals surface area contributed by atoms with E-state index in [1.807, 2.05) is 54.6 Å². The van der Waals surface area contributed by atoms with Crippen molar-refractivity contribution in [3.05, 3.63) is 84.4 Å². The Labute approximate surface area is 147 Å². The van der Waals surface area contributed by atoms with E-state index in [0.717, 1.165) is 22.0 Å². The third kappa shape index (κ3) is 4.96. The summed E-state index contributed by atoms with van der Waals surface area (Å²) in [5, 5.41) is 6.66. The maximum atomic E-state index is 5.79. The van der Waals surface area contributed by atoms with Crippen LogP contribution in [0.25, 0.3) is 0 Å². The molecule has 0 aliphatic carbocycles. The molecular formula is C20H20N2OS. The van der Waals surface area contributed by atoms with E-state index in [9.17, 15) is 0 Å². The van der Waals surface area contributed by atoms with Gasteiger partial charge in [0.2, 0.25) is 0 Å². The fraction of sp³-hybridized carbons (Fsp3) is 0.100. The van der Waals surface area contributed by atoms with Crippen molar-refractivity contribution >= 4 is 23.4 Å². The van der Waals surface area contributed by atoms with Gasteiger partial charge in [-0.1, -0.05) is 42.0 Å². The van der Waals surface area contributed by atoms with Crippen LogP contribution in [-0.2, 0) is 0 Å². The van der Waals surface area contributed by atoms with Gasteiger partial charge in [-0.05, 0) is 43.3 Å².